The normalized spacial score (nSPS) is 24.6. The number of amides is 1. The molecule has 0 radical (unpaired) electrons. The minimum atomic E-state index is -0.0280. The highest BCUT2D eigenvalue weighted by molar-refractivity contribution is 5.79. The molecule has 0 aliphatic heterocycles. The molecular formula is C13H22N4O. The number of aromatic nitrogens is 2. The molecule has 0 saturated heterocycles. The van der Waals surface area contributed by atoms with Crippen LogP contribution >= 0.6 is 0 Å². The van der Waals surface area contributed by atoms with E-state index in [1.165, 1.54) is 6.42 Å². The van der Waals surface area contributed by atoms with Crippen LogP contribution in [0.25, 0.3) is 0 Å². The minimum Gasteiger partial charge on any atom is -0.352 e. The van der Waals surface area contributed by atoms with Crippen molar-refractivity contribution in [2.45, 2.75) is 51.6 Å². The summed E-state index contributed by atoms with van der Waals surface area (Å²) < 4.78 is 0. The molecule has 1 aromatic heterocycles. The fourth-order valence-electron chi connectivity index (χ4n) is 2.53. The van der Waals surface area contributed by atoms with Crippen molar-refractivity contribution in [3.05, 3.63) is 17.5 Å². The Balaban J connectivity index is 1.88. The second-order valence-electron chi connectivity index (χ2n) is 5.15. The molecule has 0 aromatic carbocycles. The number of nitrogens with one attached hydrogen (secondary N) is 2. The van der Waals surface area contributed by atoms with Crippen molar-refractivity contribution in [1.29, 1.82) is 0 Å². The summed E-state index contributed by atoms with van der Waals surface area (Å²) in [5.74, 6) is 0.0599. The smallest absolute Gasteiger partial charge is 0.224 e. The Bertz CT molecular complexity index is 401. The predicted molar refractivity (Wildman–Crippen MR) is 69.7 cm³/mol. The molecule has 1 fully saturated rings. The fraction of sp³-hybridized carbons (Fsp3) is 0.692. The Hall–Kier alpha value is -1.36. The van der Waals surface area contributed by atoms with Crippen molar-refractivity contribution < 1.29 is 4.79 Å². The molecule has 0 bridgehead atoms. The number of H-pyrrole nitrogens is 1. The van der Waals surface area contributed by atoms with Gasteiger partial charge < -0.3 is 11.1 Å². The Labute approximate surface area is 108 Å². The molecule has 5 nitrogen and oxygen atoms in total. The van der Waals surface area contributed by atoms with E-state index in [0.717, 1.165) is 36.9 Å². The van der Waals surface area contributed by atoms with Crippen molar-refractivity contribution >= 4 is 5.91 Å². The number of rotatable bonds is 3. The largest absolute Gasteiger partial charge is 0.352 e. The van der Waals surface area contributed by atoms with Crippen LogP contribution in [0.15, 0.2) is 6.20 Å². The monoisotopic (exact) mass is 250 g/mol. The van der Waals surface area contributed by atoms with Crippen LogP contribution < -0.4 is 11.1 Å². The second-order valence-corrected chi connectivity index (χ2v) is 5.15. The number of aryl methyl sites for hydroxylation is 1. The van der Waals surface area contributed by atoms with E-state index >= 15 is 0 Å². The number of nitrogens with two attached hydrogens (primary N) is 1. The third-order valence-electron chi connectivity index (χ3n) is 3.79. The van der Waals surface area contributed by atoms with Gasteiger partial charge in [0.05, 0.1) is 12.1 Å². The van der Waals surface area contributed by atoms with Gasteiger partial charge in [-0.3, -0.25) is 9.89 Å². The van der Waals surface area contributed by atoms with Gasteiger partial charge >= 0.3 is 0 Å². The highest BCUT2D eigenvalue weighted by Gasteiger charge is 2.26. The number of hydrogen-bond acceptors (Lipinski definition) is 3. The van der Waals surface area contributed by atoms with Crippen LogP contribution in [-0.2, 0) is 11.3 Å². The average molecular weight is 250 g/mol. The SMILES string of the molecule is Cc1[nH]ncc1CNC(=O)C1CCCCCC1N. The van der Waals surface area contributed by atoms with Gasteiger partial charge in [-0.05, 0) is 19.8 Å². The summed E-state index contributed by atoms with van der Waals surface area (Å²) in [4.78, 5) is 12.1. The van der Waals surface area contributed by atoms with E-state index in [2.05, 4.69) is 15.5 Å². The Kier molecular flexibility index (Phi) is 4.36. The van der Waals surface area contributed by atoms with Crippen molar-refractivity contribution in [3.8, 4) is 0 Å². The fourth-order valence-corrected chi connectivity index (χ4v) is 2.53. The third-order valence-corrected chi connectivity index (χ3v) is 3.79. The van der Waals surface area contributed by atoms with E-state index in [4.69, 9.17) is 5.73 Å². The van der Waals surface area contributed by atoms with Gasteiger partial charge in [0.2, 0.25) is 5.91 Å². The lowest BCUT2D eigenvalue weighted by Gasteiger charge is -2.20. The quantitative estimate of drug-likeness (QED) is 0.706. The van der Waals surface area contributed by atoms with Gasteiger partial charge in [0.25, 0.3) is 0 Å². The molecule has 4 N–H and O–H groups in total. The van der Waals surface area contributed by atoms with E-state index in [1.54, 1.807) is 6.20 Å². The Morgan fingerprint density at radius 2 is 2.28 bits per heavy atom. The van der Waals surface area contributed by atoms with Gasteiger partial charge in [-0.1, -0.05) is 19.3 Å². The zero-order valence-electron chi connectivity index (χ0n) is 10.9. The summed E-state index contributed by atoms with van der Waals surface area (Å²) in [6, 6.07) is 0.0120. The molecule has 2 atom stereocenters. The molecule has 2 rings (SSSR count). The molecule has 1 aliphatic carbocycles. The summed E-state index contributed by atoms with van der Waals surface area (Å²) in [5.41, 5.74) is 8.11. The first kappa shape index (κ1) is 13.1. The van der Waals surface area contributed by atoms with Gasteiger partial charge in [-0.25, -0.2) is 0 Å². The first-order chi connectivity index (χ1) is 8.68. The van der Waals surface area contributed by atoms with Crippen LogP contribution in [-0.4, -0.2) is 22.1 Å². The van der Waals surface area contributed by atoms with Gasteiger partial charge in [-0.2, -0.15) is 5.10 Å². The van der Waals surface area contributed by atoms with Crippen molar-refractivity contribution in [1.82, 2.24) is 15.5 Å². The molecule has 5 heteroatoms. The number of aromatic amines is 1. The minimum absolute atomic E-state index is 0.0120. The molecule has 2 unspecified atom stereocenters. The molecule has 1 amide bonds. The third kappa shape index (κ3) is 3.10. The van der Waals surface area contributed by atoms with Crippen LogP contribution in [0.5, 0.6) is 0 Å². The van der Waals surface area contributed by atoms with Crippen LogP contribution in [0, 0.1) is 12.8 Å². The maximum Gasteiger partial charge on any atom is 0.224 e. The maximum absolute atomic E-state index is 12.1. The molecule has 1 saturated carbocycles. The summed E-state index contributed by atoms with van der Waals surface area (Å²) in [5, 5.41) is 9.78. The molecule has 1 aliphatic rings. The lowest BCUT2D eigenvalue weighted by Crippen LogP contribution is -2.41. The van der Waals surface area contributed by atoms with Gasteiger partial charge in [-0.15, -0.1) is 0 Å². The summed E-state index contributed by atoms with van der Waals surface area (Å²) in [6.45, 7) is 2.48. The van der Waals surface area contributed by atoms with Crippen LogP contribution in [0.1, 0.15) is 43.4 Å². The van der Waals surface area contributed by atoms with Crippen LogP contribution in [0.4, 0.5) is 0 Å². The first-order valence-electron chi connectivity index (χ1n) is 6.70. The predicted octanol–water partition coefficient (Wildman–Crippen LogP) is 1.24. The topological polar surface area (TPSA) is 83.8 Å². The molecule has 0 spiro atoms. The standard InChI is InChI=1S/C13H22N4O/c1-9-10(8-16-17-9)7-15-13(18)11-5-3-2-4-6-12(11)14/h8,11-12H,2-7,14H2,1H3,(H,15,18)(H,16,17). The lowest BCUT2D eigenvalue weighted by molar-refractivity contribution is -0.126. The summed E-state index contributed by atoms with van der Waals surface area (Å²) in [7, 11) is 0. The molecule has 100 valence electrons. The van der Waals surface area contributed by atoms with Gasteiger partial charge in [0, 0.05) is 23.8 Å². The zero-order chi connectivity index (χ0) is 13.0. The van der Waals surface area contributed by atoms with Crippen LogP contribution in [0.3, 0.4) is 0 Å². The number of nitrogens with zero attached hydrogens (tertiary/aromatic N) is 1. The van der Waals surface area contributed by atoms with E-state index in [-0.39, 0.29) is 17.9 Å². The second kappa shape index (κ2) is 6.00. The molecule has 1 aromatic rings. The van der Waals surface area contributed by atoms with Gasteiger partial charge in [0.1, 0.15) is 0 Å². The molecule has 18 heavy (non-hydrogen) atoms. The number of carbonyl (C=O) groups is 1. The Morgan fingerprint density at radius 1 is 1.50 bits per heavy atom. The highest BCUT2D eigenvalue weighted by atomic mass is 16.1. The lowest BCUT2D eigenvalue weighted by atomic mass is 9.94. The molecule has 1 heterocycles. The van der Waals surface area contributed by atoms with E-state index in [0.29, 0.717) is 6.54 Å². The Morgan fingerprint density at radius 3 is 3.00 bits per heavy atom. The van der Waals surface area contributed by atoms with Crippen molar-refractivity contribution in [2.24, 2.45) is 11.7 Å². The van der Waals surface area contributed by atoms with Gasteiger partial charge in [0.15, 0.2) is 0 Å². The van der Waals surface area contributed by atoms with Crippen LogP contribution in [0.2, 0.25) is 0 Å². The maximum atomic E-state index is 12.1. The summed E-state index contributed by atoms with van der Waals surface area (Å²) in [6.07, 6.45) is 7.07. The molecular weight excluding hydrogens is 228 g/mol. The van der Waals surface area contributed by atoms with E-state index < -0.39 is 0 Å². The zero-order valence-corrected chi connectivity index (χ0v) is 10.9. The van der Waals surface area contributed by atoms with E-state index in [9.17, 15) is 4.79 Å². The average Bonchev–Trinajstić information content (AvgIpc) is 2.63. The first-order valence-corrected chi connectivity index (χ1v) is 6.70. The van der Waals surface area contributed by atoms with E-state index in [1.807, 2.05) is 6.92 Å². The van der Waals surface area contributed by atoms with Crippen molar-refractivity contribution in [3.63, 3.8) is 0 Å². The van der Waals surface area contributed by atoms with Crippen molar-refractivity contribution in [2.75, 3.05) is 0 Å². The summed E-state index contributed by atoms with van der Waals surface area (Å²) >= 11 is 0. The highest BCUT2D eigenvalue weighted by Crippen LogP contribution is 2.22. The number of hydrogen-bond donors (Lipinski definition) is 3. The number of carbonyl (C=O) groups excluding carboxylic acids is 1.